The molecule has 0 amide bonds. The van der Waals surface area contributed by atoms with E-state index in [4.69, 9.17) is 9.47 Å². The van der Waals surface area contributed by atoms with E-state index in [9.17, 15) is 0 Å². The first-order valence-corrected chi connectivity index (χ1v) is 7.86. The smallest absolute Gasteiger partial charge is 0.119 e. The van der Waals surface area contributed by atoms with Gasteiger partial charge in [0, 0.05) is 12.2 Å². The van der Waals surface area contributed by atoms with Gasteiger partial charge in [0.25, 0.3) is 0 Å². The van der Waals surface area contributed by atoms with Crippen LogP contribution in [0.5, 0.6) is 11.5 Å². The molecule has 3 heteroatoms. The van der Waals surface area contributed by atoms with E-state index >= 15 is 0 Å². The van der Waals surface area contributed by atoms with Gasteiger partial charge in [-0.2, -0.15) is 0 Å². The number of nitrogens with zero attached hydrogens (tertiary/aromatic N) is 1. The number of methoxy groups -OCH3 is 2. The number of piperidine rings is 1. The van der Waals surface area contributed by atoms with E-state index < -0.39 is 0 Å². The van der Waals surface area contributed by atoms with Gasteiger partial charge in [0.2, 0.25) is 0 Å². The van der Waals surface area contributed by atoms with Gasteiger partial charge in [-0.15, -0.1) is 0 Å². The molecule has 116 valence electrons. The molecule has 1 saturated heterocycles. The van der Waals surface area contributed by atoms with Crippen molar-refractivity contribution in [1.29, 1.82) is 0 Å². The summed E-state index contributed by atoms with van der Waals surface area (Å²) in [5, 5.41) is 0. The summed E-state index contributed by atoms with van der Waals surface area (Å²) in [6.45, 7) is 1.10. The maximum absolute atomic E-state index is 5.27. The molecule has 22 heavy (non-hydrogen) atoms. The lowest BCUT2D eigenvalue weighted by atomic mass is 9.94. The molecular weight excluding hydrogens is 274 g/mol. The van der Waals surface area contributed by atoms with Gasteiger partial charge >= 0.3 is 0 Å². The number of anilines is 1. The van der Waals surface area contributed by atoms with Crippen molar-refractivity contribution in [3.8, 4) is 11.5 Å². The van der Waals surface area contributed by atoms with Crippen LogP contribution in [0.3, 0.4) is 0 Å². The van der Waals surface area contributed by atoms with Crippen LogP contribution >= 0.6 is 0 Å². The Balaban J connectivity index is 1.86. The number of benzene rings is 2. The van der Waals surface area contributed by atoms with Gasteiger partial charge < -0.3 is 14.4 Å². The molecule has 3 rings (SSSR count). The van der Waals surface area contributed by atoms with E-state index in [1.54, 1.807) is 14.2 Å². The summed E-state index contributed by atoms with van der Waals surface area (Å²) in [4.78, 5) is 2.50. The zero-order valence-corrected chi connectivity index (χ0v) is 13.3. The van der Waals surface area contributed by atoms with E-state index in [1.807, 2.05) is 12.1 Å². The van der Waals surface area contributed by atoms with E-state index in [2.05, 4.69) is 41.3 Å². The predicted octanol–water partition coefficient (Wildman–Crippen LogP) is 4.44. The van der Waals surface area contributed by atoms with Crippen LogP contribution in [-0.2, 0) is 0 Å². The largest absolute Gasteiger partial charge is 0.497 e. The van der Waals surface area contributed by atoms with E-state index in [0.717, 1.165) is 18.0 Å². The number of hydrogen-bond donors (Lipinski definition) is 0. The van der Waals surface area contributed by atoms with Crippen molar-refractivity contribution in [3.05, 3.63) is 54.1 Å². The van der Waals surface area contributed by atoms with Gasteiger partial charge in [-0.05, 0) is 61.2 Å². The second kappa shape index (κ2) is 6.73. The molecule has 3 nitrogen and oxygen atoms in total. The van der Waals surface area contributed by atoms with Crippen molar-refractivity contribution in [1.82, 2.24) is 0 Å². The molecule has 0 spiro atoms. The van der Waals surface area contributed by atoms with Crippen LogP contribution in [0.4, 0.5) is 5.69 Å². The van der Waals surface area contributed by atoms with Gasteiger partial charge in [0.1, 0.15) is 11.5 Å². The molecule has 0 N–H and O–H groups in total. The zero-order valence-electron chi connectivity index (χ0n) is 13.3. The number of hydrogen-bond acceptors (Lipinski definition) is 3. The molecule has 2 aromatic rings. The maximum Gasteiger partial charge on any atom is 0.119 e. The molecule has 0 radical (unpaired) electrons. The fourth-order valence-corrected chi connectivity index (χ4v) is 3.19. The van der Waals surface area contributed by atoms with Crippen molar-refractivity contribution in [2.24, 2.45) is 0 Å². The summed E-state index contributed by atoms with van der Waals surface area (Å²) >= 11 is 0. The third kappa shape index (κ3) is 3.03. The first-order valence-electron chi connectivity index (χ1n) is 7.86. The number of ether oxygens (including phenoxy) is 2. The Labute approximate surface area is 132 Å². The van der Waals surface area contributed by atoms with Gasteiger partial charge in [0.15, 0.2) is 0 Å². The molecular formula is C19H23NO2. The molecule has 1 atom stereocenters. The molecule has 0 saturated carbocycles. The Morgan fingerprint density at radius 1 is 0.818 bits per heavy atom. The van der Waals surface area contributed by atoms with Crippen molar-refractivity contribution in [2.45, 2.75) is 25.3 Å². The standard InChI is InChI=1S/C19H23NO2/c1-21-17-10-6-15(7-11-17)19-5-3-4-14-20(19)16-8-12-18(22-2)13-9-16/h6-13,19H,3-5,14H2,1-2H3. The molecule has 1 aliphatic rings. The lowest BCUT2D eigenvalue weighted by molar-refractivity contribution is 0.413. The minimum Gasteiger partial charge on any atom is -0.497 e. The van der Waals surface area contributed by atoms with Crippen LogP contribution in [0.25, 0.3) is 0 Å². The Morgan fingerprint density at radius 2 is 1.41 bits per heavy atom. The lowest BCUT2D eigenvalue weighted by Crippen LogP contribution is -2.33. The molecule has 0 aromatic heterocycles. The van der Waals surface area contributed by atoms with Gasteiger partial charge in [0.05, 0.1) is 20.3 Å². The van der Waals surface area contributed by atoms with Crippen LogP contribution in [0.2, 0.25) is 0 Å². The maximum atomic E-state index is 5.27. The Morgan fingerprint density at radius 3 is 2.00 bits per heavy atom. The van der Waals surface area contributed by atoms with Crippen LogP contribution < -0.4 is 14.4 Å². The molecule has 0 bridgehead atoms. The highest BCUT2D eigenvalue weighted by molar-refractivity contribution is 5.52. The van der Waals surface area contributed by atoms with E-state index in [0.29, 0.717) is 6.04 Å². The lowest BCUT2D eigenvalue weighted by Gasteiger charge is -2.38. The zero-order chi connectivity index (χ0) is 15.4. The van der Waals surface area contributed by atoms with Crippen molar-refractivity contribution in [3.63, 3.8) is 0 Å². The number of rotatable bonds is 4. The second-order valence-corrected chi connectivity index (χ2v) is 5.68. The second-order valence-electron chi connectivity index (χ2n) is 5.68. The van der Waals surface area contributed by atoms with E-state index in [-0.39, 0.29) is 0 Å². The molecule has 1 aliphatic heterocycles. The minimum absolute atomic E-state index is 0.438. The first kappa shape index (κ1) is 14.8. The SMILES string of the molecule is COc1ccc(C2CCCCN2c2ccc(OC)cc2)cc1. The monoisotopic (exact) mass is 297 g/mol. The summed E-state index contributed by atoms with van der Waals surface area (Å²) < 4.78 is 10.5. The molecule has 1 unspecified atom stereocenters. The van der Waals surface area contributed by atoms with Gasteiger partial charge in [-0.25, -0.2) is 0 Å². The third-order valence-electron chi connectivity index (χ3n) is 4.41. The van der Waals surface area contributed by atoms with Crippen molar-refractivity contribution < 1.29 is 9.47 Å². The molecule has 2 aromatic carbocycles. The third-order valence-corrected chi connectivity index (χ3v) is 4.41. The van der Waals surface area contributed by atoms with Crippen molar-refractivity contribution >= 4 is 5.69 Å². The highest BCUT2D eigenvalue weighted by atomic mass is 16.5. The summed E-state index contributed by atoms with van der Waals surface area (Å²) in [6.07, 6.45) is 3.72. The quantitative estimate of drug-likeness (QED) is 0.833. The Kier molecular flexibility index (Phi) is 4.52. The van der Waals surface area contributed by atoms with Gasteiger partial charge in [-0.1, -0.05) is 12.1 Å². The van der Waals surface area contributed by atoms with Crippen LogP contribution in [0.15, 0.2) is 48.5 Å². The molecule has 1 heterocycles. The average molecular weight is 297 g/mol. The van der Waals surface area contributed by atoms with E-state index in [1.165, 1.54) is 30.5 Å². The highest BCUT2D eigenvalue weighted by Gasteiger charge is 2.24. The predicted molar refractivity (Wildman–Crippen MR) is 89.9 cm³/mol. The van der Waals surface area contributed by atoms with Crippen LogP contribution in [0.1, 0.15) is 30.9 Å². The summed E-state index contributed by atoms with van der Waals surface area (Å²) in [7, 11) is 3.41. The minimum atomic E-state index is 0.438. The Bertz CT molecular complexity index is 536. The Hall–Kier alpha value is -2.16. The highest BCUT2D eigenvalue weighted by Crippen LogP contribution is 2.36. The fourth-order valence-electron chi connectivity index (χ4n) is 3.19. The van der Waals surface area contributed by atoms with Crippen LogP contribution in [0, 0.1) is 0 Å². The molecule has 1 fully saturated rings. The normalized spacial score (nSPS) is 18.1. The van der Waals surface area contributed by atoms with Gasteiger partial charge in [-0.3, -0.25) is 0 Å². The first-order chi connectivity index (χ1) is 10.8. The summed E-state index contributed by atoms with van der Waals surface area (Å²) in [5.74, 6) is 1.82. The average Bonchev–Trinajstić information content (AvgIpc) is 2.62. The summed E-state index contributed by atoms with van der Waals surface area (Å²) in [5.41, 5.74) is 2.62. The topological polar surface area (TPSA) is 21.7 Å². The fraction of sp³-hybridized carbons (Fsp3) is 0.368. The van der Waals surface area contributed by atoms with Crippen molar-refractivity contribution in [2.75, 3.05) is 25.7 Å². The summed E-state index contributed by atoms with van der Waals surface area (Å²) in [6, 6.07) is 17.3. The molecule has 0 aliphatic carbocycles. The van der Waals surface area contributed by atoms with Crippen LogP contribution in [-0.4, -0.2) is 20.8 Å².